The van der Waals surface area contributed by atoms with Gasteiger partial charge in [0.15, 0.2) is 0 Å². The maximum atomic E-state index is 5.80. The third-order valence-corrected chi connectivity index (χ3v) is 2.97. The second-order valence-corrected chi connectivity index (χ2v) is 4.19. The minimum Gasteiger partial charge on any atom is -0.493 e. The Bertz CT molecular complexity index is 431. The van der Waals surface area contributed by atoms with Crippen molar-refractivity contribution in [2.24, 2.45) is 4.99 Å². The molecule has 0 unspecified atom stereocenters. The quantitative estimate of drug-likeness (QED) is 0.721. The van der Waals surface area contributed by atoms with Crippen LogP contribution in [0.4, 0.5) is 0 Å². The Morgan fingerprint density at radius 2 is 2.06 bits per heavy atom. The van der Waals surface area contributed by atoms with Crippen LogP contribution in [0.3, 0.4) is 0 Å². The summed E-state index contributed by atoms with van der Waals surface area (Å²) in [7, 11) is 0. The molecule has 17 heavy (non-hydrogen) atoms. The van der Waals surface area contributed by atoms with Crippen LogP contribution in [0.15, 0.2) is 40.9 Å². The third kappa shape index (κ3) is 2.76. The standard InChI is InChI=1S/C15H19NO/c1-3-17-15(13-8-5-4-6-9-13)12(2)14-10-7-11-16-14/h4-6,8-9H,3,7,10-11H2,1-2H3. The van der Waals surface area contributed by atoms with E-state index < -0.39 is 0 Å². The van der Waals surface area contributed by atoms with Gasteiger partial charge in [-0.05, 0) is 26.7 Å². The van der Waals surface area contributed by atoms with E-state index in [0.29, 0.717) is 6.61 Å². The Kier molecular flexibility index (Phi) is 3.97. The monoisotopic (exact) mass is 229 g/mol. The van der Waals surface area contributed by atoms with Crippen LogP contribution in [0.25, 0.3) is 5.76 Å². The summed E-state index contributed by atoms with van der Waals surface area (Å²) < 4.78 is 5.80. The second-order valence-electron chi connectivity index (χ2n) is 4.19. The Balaban J connectivity index is 2.37. The van der Waals surface area contributed by atoms with E-state index in [0.717, 1.165) is 24.3 Å². The van der Waals surface area contributed by atoms with Gasteiger partial charge in [0, 0.05) is 23.4 Å². The first kappa shape index (κ1) is 11.9. The Hall–Kier alpha value is -1.57. The Morgan fingerprint density at radius 1 is 1.29 bits per heavy atom. The number of benzene rings is 1. The molecule has 0 aliphatic carbocycles. The summed E-state index contributed by atoms with van der Waals surface area (Å²) in [5.74, 6) is 0.980. The van der Waals surface area contributed by atoms with E-state index in [2.05, 4.69) is 24.0 Å². The van der Waals surface area contributed by atoms with Crippen molar-refractivity contribution in [2.45, 2.75) is 26.7 Å². The molecule has 0 bridgehead atoms. The molecule has 0 saturated heterocycles. The largest absolute Gasteiger partial charge is 0.493 e. The van der Waals surface area contributed by atoms with Crippen LogP contribution in [0.1, 0.15) is 32.3 Å². The molecule has 0 fully saturated rings. The molecule has 1 heterocycles. The van der Waals surface area contributed by atoms with E-state index in [9.17, 15) is 0 Å². The molecular weight excluding hydrogens is 210 g/mol. The number of hydrogen-bond acceptors (Lipinski definition) is 2. The molecule has 0 radical (unpaired) electrons. The van der Waals surface area contributed by atoms with Crippen molar-refractivity contribution in [1.82, 2.24) is 0 Å². The van der Waals surface area contributed by atoms with Crippen LogP contribution < -0.4 is 0 Å². The molecule has 0 saturated carbocycles. The minimum absolute atomic E-state index is 0.689. The van der Waals surface area contributed by atoms with E-state index in [1.165, 1.54) is 17.7 Å². The van der Waals surface area contributed by atoms with Crippen molar-refractivity contribution in [3.8, 4) is 0 Å². The van der Waals surface area contributed by atoms with Gasteiger partial charge in [0.1, 0.15) is 5.76 Å². The number of allylic oxidation sites excluding steroid dienone is 1. The Morgan fingerprint density at radius 3 is 2.65 bits per heavy atom. The highest BCUT2D eigenvalue weighted by atomic mass is 16.5. The molecule has 1 aliphatic heterocycles. The first-order chi connectivity index (χ1) is 8.33. The number of aliphatic imine (C=N–C) groups is 1. The van der Waals surface area contributed by atoms with Gasteiger partial charge in [0.25, 0.3) is 0 Å². The fourth-order valence-electron chi connectivity index (χ4n) is 2.12. The number of rotatable bonds is 4. The molecule has 0 atom stereocenters. The van der Waals surface area contributed by atoms with Crippen LogP contribution >= 0.6 is 0 Å². The number of hydrogen-bond donors (Lipinski definition) is 0. The summed E-state index contributed by atoms with van der Waals surface area (Å²) in [6, 6.07) is 10.3. The van der Waals surface area contributed by atoms with Gasteiger partial charge in [-0.15, -0.1) is 0 Å². The van der Waals surface area contributed by atoms with Gasteiger partial charge in [-0.25, -0.2) is 0 Å². The van der Waals surface area contributed by atoms with Crippen molar-refractivity contribution < 1.29 is 4.74 Å². The van der Waals surface area contributed by atoms with E-state index in [1.807, 2.05) is 25.1 Å². The van der Waals surface area contributed by atoms with Gasteiger partial charge in [0.2, 0.25) is 0 Å². The molecule has 90 valence electrons. The zero-order valence-corrected chi connectivity index (χ0v) is 10.6. The molecule has 0 N–H and O–H groups in total. The van der Waals surface area contributed by atoms with E-state index in [1.54, 1.807) is 0 Å². The first-order valence-corrected chi connectivity index (χ1v) is 6.25. The van der Waals surface area contributed by atoms with E-state index >= 15 is 0 Å². The lowest BCUT2D eigenvalue weighted by molar-refractivity contribution is 0.296. The van der Waals surface area contributed by atoms with Gasteiger partial charge >= 0.3 is 0 Å². The summed E-state index contributed by atoms with van der Waals surface area (Å²) in [6.07, 6.45) is 2.25. The fraction of sp³-hybridized carbons (Fsp3) is 0.400. The molecule has 0 aromatic heterocycles. The molecular formula is C15H19NO. The summed E-state index contributed by atoms with van der Waals surface area (Å²) in [6.45, 7) is 5.78. The lowest BCUT2D eigenvalue weighted by Gasteiger charge is -2.13. The highest BCUT2D eigenvalue weighted by Gasteiger charge is 2.14. The lowest BCUT2D eigenvalue weighted by atomic mass is 10.0. The maximum absolute atomic E-state index is 5.80. The summed E-state index contributed by atoms with van der Waals surface area (Å²) in [5.41, 5.74) is 3.54. The minimum atomic E-state index is 0.689. The van der Waals surface area contributed by atoms with Gasteiger partial charge in [-0.3, -0.25) is 4.99 Å². The van der Waals surface area contributed by atoms with Crippen LogP contribution in [0.2, 0.25) is 0 Å². The van der Waals surface area contributed by atoms with Crippen LogP contribution in [0, 0.1) is 0 Å². The van der Waals surface area contributed by atoms with E-state index in [4.69, 9.17) is 4.74 Å². The van der Waals surface area contributed by atoms with Gasteiger partial charge in [0.05, 0.1) is 6.61 Å². The van der Waals surface area contributed by atoms with Crippen molar-refractivity contribution in [3.05, 3.63) is 41.5 Å². The second kappa shape index (κ2) is 5.67. The molecule has 2 heteroatoms. The number of ether oxygens (including phenoxy) is 1. The highest BCUT2D eigenvalue weighted by Crippen LogP contribution is 2.24. The third-order valence-electron chi connectivity index (χ3n) is 2.97. The normalized spacial score (nSPS) is 16.5. The highest BCUT2D eigenvalue weighted by molar-refractivity contribution is 6.05. The predicted molar refractivity (Wildman–Crippen MR) is 72.2 cm³/mol. The number of nitrogens with zero attached hydrogens (tertiary/aromatic N) is 1. The first-order valence-electron chi connectivity index (χ1n) is 6.25. The molecule has 1 aliphatic rings. The van der Waals surface area contributed by atoms with Crippen LogP contribution in [-0.2, 0) is 4.74 Å². The molecule has 0 amide bonds. The topological polar surface area (TPSA) is 21.6 Å². The molecule has 1 aromatic rings. The van der Waals surface area contributed by atoms with Crippen LogP contribution in [-0.4, -0.2) is 18.9 Å². The van der Waals surface area contributed by atoms with Crippen molar-refractivity contribution >= 4 is 11.5 Å². The molecule has 1 aromatic carbocycles. The fourth-order valence-corrected chi connectivity index (χ4v) is 2.12. The summed E-state index contributed by atoms with van der Waals surface area (Å²) in [4.78, 5) is 4.54. The van der Waals surface area contributed by atoms with Gasteiger partial charge < -0.3 is 4.74 Å². The molecule has 2 nitrogen and oxygen atoms in total. The van der Waals surface area contributed by atoms with Crippen molar-refractivity contribution in [2.75, 3.05) is 13.2 Å². The maximum Gasteiger partial charge on any atom is 0.131 e. The predicted octanol–water partition coefficient (Wildman–Crippen LogP) is 3.69. The average Bonchev–Trinajstić information content (AvgIpc) is 2.90. The zero-order valence-electron chi connectivity index (χ0n) is 10.6. The molecule has 0 spiro atoms. The van der Waals surface area contributed by atoms with Gasteiger partial charge in [-0.1, -0.05) is 30.3 Å². The summed E-state index contributed by atoms with van der Waals surface area (Å²) in [5, 5.41) is 0. The smallest absolute Gasteiger partial charge is 0.131 e. The summed E-state index contributed by atoms with van der Waals surface area (Å²) >= 11 is 0. The van der Waals surface area contributed by atoms with Crippen LogP contribution in [0.5, 0.6) is 0 Å². The van der Waals surface area contributed by atoms with Gasteiger partial charge in [-0.2, -0.15) is 0 Å². The van der Waals surface area contributed by atoms with Crippen molar-refractivity contribution in [3.63, 3.8) is 0 Å². The van der Waals surface area contributed by atoms with Crippen molar-refractivity contribution in [1.29, 1.82) is 0 Å². The zero-order chi connectivity index (χ0) is 12.1. The van der Waals surface area contributed by atoms with E-state index in [-0.39, 0.29) is 0 Å². The lowest BCUT2D eigenvalue weighted by Crippen LogP contribution is -2.03. The molecule has 2 rings (SSSR count). The SMILES string of the molecule is CCOC(=C(C)C1=NCCC1)c1ccccc1. The Labute approximate surface area is 103 Å². The average molecular weight is 229 g/mol.